The van der Waals surface area contributed by atoms with Crippen molar-refractivity contribution in [3.8, 4) is 0 Å². The highest BCUT2D eigenvalue weighted by molar-refractivity contribution is 9.10. The molecule has 1 fully saturated rings. The maximum absolute atomic E-state index is 11.6. The average molecular weight is 395 g/mol. The van der Waals surface area contributed by atoms with E-state index in [-0.39, 0.29) is 11.3 Å². The van der Waals surface area contributed by atoms with E-state index in [1.807, 2.05) is 6.92 Å². The number of nitrogens with one attached hydrogen (secondary N) is 3. The standard InChI is InChI=1S/C18H27BrN4O/c1-3-10-21-16(24)7-11-22-17(20-2)23-13-18(8-9-18)14-5-4-6-15(19)12-14/h4-6,12H,3,7-11,13H2,1-2H3,(H,21,24)(H2,20,22,23). The van der Waals surface area contributed by atoms with Crippen molar-refractivity contribution in [3.05, 3.63) is 34.3 Å². The number of hydrogen-bond acceptors (Lipinski definition) is 2. The van der Waals surface area contributed by atoms with Gasteiger partial charge in [0.15, 0.2) is 5.96 Å². The molecule has 5 nitrogen and oxygen atoms in total. The van der Waals surface area contributed by atoms with Gasteiger partial charge in [-0.1, -0.05) is 35.0 Å². The van der Waals surface area contributed by atoms with Gasteiger partial charge >= 0.3 is 0 Å². The van der Waals surface area contributed by atoms with E-state index in [0.717, 1.165) is 29.9 Å². The number of rotatable bonds is 8. The fourth-order valence-electron chi connectivity index (χ4n) is 2.66. The molecule has 132 valence electrons. The van der Waals surface area contributed by atoms with Crippen LogP contribution in [-0.2, 0) is 10.2 Å². The Kier molecular flexibility index (Phi) is 7.09. The summed E-state index contributed by atoms with van der Waals surface area (Å²) in [5.74, 6) is 0.826. The van der Waals surface area contributed by atoms with E-state index >= 15 is 0 Å². The molecule has 3 N–H and O–H groups in total. The predicted molar refractivity (Wildman–Crippen MR) is 102 cm³/mol. The number of carbonyl (C=O) groups is 1. The van der Waals surface area contributed by atoms with E-state index in [1.165, 1.54) is 18.4 Å². The van der Waals surface area contributed by atoms with Gasteiger partial charge in [-0.05, 0) is 37.0 Å². The van der Waals surface area contributed by atoms with Crippen LogP contribution >= 0.6 is 15.9 Å². The molecule has 0 radical (unpaired) electrons. The molecule has 2 rings (SSSR count). The molecule has 24 heavy (non-hydrogen) atoms. The van der Waals surface area contributed by atoms with Crippen molar-refractivity contribution in [1.29, 1.82) is 0 Å². The molecular formula is C18H27BrN4O. The molecule has 1 saturated carbocycles. The largest absolute Gasteiger partial charge is 0.356 e. The van der Waals surface area contributed by atoms with Gasteiger partial charge < -0.3 is 16.0 Å². The van der Waals surface area contributed by atoms with E-state index in [0.29, 0.717) is 13.0 Å². The third kappa shape index (κ3) is 5.51. The van der Waals surface area contributed by atoms with Crippen LogP contribution in [0.15, 0.2) is 33.7 Å². The summed E-state index contributed by atoms with van der Waals surface area (Å²) >= 11 is 3.55. The molecule has 0 spiro atoms. The summed E-state index contributed by atoms with van der Waals surface area (Å²) in [6.45, 7) is 4.22. The lowest BCUT2D eigenvalue weighted by molar-refractivity contribution is -0.120. The number of guanidine groups is 1. The van der Waals surface area contributed by atoms with E-state index in [1.54, 1.807) is 7.05 Å². The number of carbonyl (C=O) groups excluding carboxylic acids is 1. The van der Waals surface area contributed by atoms with Gasteiger partial charge in [0.25, 0.3) is 0 Å². The maximum Gasteiger partial charge on any atom is 0.221 e. The van der Waals surface area contributed by atoms with Crippen molar-refractivity contribution in [3.63, 3.8) is 0 Å². The smallest absolute Gasteiger partial charge is 0.221 e. The fraction of sp³-hybridized carbons (Fsp3) is 0.556. The van der Waals surface area contributed by atoms with Crippen LogP contribution in [0.4, 0.5) is 0 Å². The molecule has 6 heteroatoms. The van der Waals surface area contributed by atoms with Crippen LogP contribution in [0.5, 0.6) is 0 Å². The Bertz CT molecular complexity index is 584. The average Bonchev–Trinajstić information content (AvgIpc) is 3.37. The first-order valence-electron chi connectivity index (χ1n) is 8.57. The Morgan fingerprint density at radius 3 is 2.67 bits per heavy atom. The topological polar surface area (TPSA) is 65.5 Å². The molecule has 1 aromatic carbocycles. The summed E-state index contributed by atoms with van der Waals surface area (Å²) in [5.41, 5.74) is 1.57. The molecule has 0 saturated heterocycles. The number of nitrogens with zero attached hydrogens (tertiary/aromatic N) is 1. The summed E-state index contributed by atoms with van der Waals surface area (Å²) in [6.07, 6.45) is 3.79. The second kappa shape index (κ2) is 9.06. The molecular weight excluding hydrogens is 368 g/mol. The molecule has 0 aliphatic heterocycles. The second-order valence-electron chi connectivity index (χ2n) is 6.24. The summed E-state index contributed by atoms with van der Waals surface area (Å²) in [5, 5.41) is 9.48. The van der Waals surface area contributed by atoms with Gasteiger partial charge in [-0.15, -0.1) is 0 Å². The molecule has 0 aromatic heterocycles. The zero-order chi connectivity index (χ0) is 17.4. The van der Waals surface area contributed by atoms with Gasteiger partial charge in [-0.25, -0.2) is 0 Å². The second-order valence-corrected chi connectivity index (χ2v) is 7.16. The molecule has 0 bridgehead atoms. The Morgan fingerprint density at radius 1 is 1.25 bits per heavy atom. The first-order valence-corrected chi connectivity index (χ1v) is 9.36. The highest BCUT2D eigenvalue weighted by atomic mass is 79.9. The van der Waals surface area contributed by atoms with Crippen LogP contribution in [-0.4, -0.2) is 38.5 Å². The quantitative estimate of drug-likeness (QED) is 0.468. The Morgan fingerprint density at radius 2 is 2.04 bits per heavy atom. The predicted octanol–water partition coefficient (Wildman–Crippen LogP) is 2.56. The minimum atomic E-state index is 0.0765. The number of aliphatic imine (C=N–C) groups is 1. The third-order valence-electron chi connectivity index (χ3n) is 4.33. The number of benzene rings is 1. The number of hydrogen-bond donors (Lipinski definition) is 3. The van der Waals surface area contributed by atoms with Crippen LogP contribution in [0.25, 0.3) is 0 Å². The minimum Gasteiger partial charge on any atom is -0.356 e. The van der Waals surface area contributed by atoms with Crippen molar-refractivity contribution < 1.29 is 4.79 Å². The Balaban J connectivity index is 1.77. The van der Waals surface area contributed by atoms with Crippen molar-refractivity contribution >= 4 is 27.8 Å². The summed E-state index contributed by atoms with van der Waals surface area (Å²) < 4.78 is 1.12. The Hall–Kier alpha value is -1.56. The lowest BCUT2D eigenvalue weighted by Crippen LogP contribution is -2.42. The van der Waals surface area contributed by atoms with Gasteiger partial charge in [0, 0.05) is 43.0 Å². The van der Waals surface area contributed by atoms with Gasteiger partial charge in [0.05, 0.1) is 0 Å². The lowest BCUT2D eigenvalue weighted by atomic mass is 9.96. The zero-order valence-electron chi connectivity index (χ0n) is 14.5. The van der Waals surface area contributed by atoms with Crippen molar-refractivity contribution in [2.75, 3.05) is 26.7 Å². The van der Waals surface area contributed by atoms with Gasteiger partial charge in [0.2, 0.25) is 5.91 Å². The number of halogens is 1. The molecule has 0 atom stereocenters. The van der Waals surface area contributed by atoms with E-state index in [4.69, 9.17) is 0 Å². The maximum atomic E-state index is 11.6. The highest BCUT2D eigenvalue weighted by Crippen LogP contribution is 2.48. The van der Waals surface area contributed by atoms with Crippen LogP contribution in [0.3, 0.4) is 0 Å². The van der Waals surface area contributed by atoms with Crippen LogP contribution in [0.1, 0.15) is 38.2 Å². The van der Waals surface area contributed by atoms with Crippen LogP contribution in [0, 0.1) is 0 Å². The molecule has 0 unspecified atom stereocenters. The minimum absolute atomic E-state index is 0.0765. The van der Waals surface area contributed by atoms with Crippen molar-refractivity contribution in [2.45, 2.75) is 38.0 Å². The van der Waals surface area contributed by atoms with E-state index in [9.17, 15) is 4.79 Å². The van der Waals surface area contributed by atoms with E-state index in [2.05, 4.69) is 61.1 Å². The van der Waals surface area contributed by atoms with Gasteiger partial charge in [0.1, 0.15) is 0 Å². The molecule has 1 aliphatic rings. The highest BCUT2D eigenvalue weighted by Gasteiger charge is 2.44. The summed E-state index contributed by atoms with van der Waals surface area (Å²) in [4.78, 5) is 15.8. The first-order chi connectivity index (χ1) is 11.6. The number of amides is 1. The molecule has 1 aliphatic carbocycles. The molecule has 1 amide bonds. The fourth-order valence-corrected chi connectivity index (χ4v) is 3.06. The Labute approximate surface area is 152 Å². The molecule has 0 heterocycles. The monoisotopic (exact) mass is 394 g/mol. The van der Waals surface area contributed by atoms with Crippen LogP contribution < -0.4 is 16.0 Å². The third-order valence-corrected chi connectivity index (χ3v) is 4.82. The summed E-state index contributed by atoms with van der Waals surface area (Å²) in [6, 6.07) is 8.52. The summed E-state index contributed by atoms with van der Waals surface area (Å²) in [7, 11) is 1.76. The normalized spacial score (nSPS) is 15.7. The SMILES string of the molecule is CCCNC(=O)CCNC(=NC)NCC1(c2cccc(Br)c2)CC1. The van der Waals surface area contributed by atoms with Crippen molar-refractivity contribution in [2.24, 2.45) is 4.99 Å². The van der Waals surface area contributed by atoms with Crippen LogP contribution in [0.2, 0.25) is 0 Å². The van der Waals surface area contributed by atoms with Gasteiger partial charge in [-0.3, -0.25) is 9.79 Å². The van der Waals surface area contributed by atoms with Gasteiger partial charge in [-0.2, -0.15) is 0 Å². The molecule has 1 aromatic rings. The zero-order valence-corrected chi connectivity index (χ0v) is 16.1. The van der Waals surface area contributed by atoms with Crippen molar-refractivity contribution in [1.82, 2.24) is 16.0 Å². The van der Waals surface area contributed by atoms with E-state index < -0.39 is 0 Å². The first kappa shape index (κ1) is 18.8. The lowest BCUT2D eigenvalue weighted by Gasteiger charge is -2.19.